The molecule has 2 aromatic carbocycles. The highest BCUT2D eigenvalue weighted by Gasteiger charge is 2.27. The summed E-state index contributed by atoms with van der Waals surface area (Å²) in [6.07, 6.45) is 4.77. The van der Waals surface area contributed by atoms with E-state index >= 15 is 0 Å². The molecule has 0 saturated carbocycles. The number of likely N-dealkylation sites (tertiary alicyclic amines) is 1. The third kappa shape index (κ3) is 5.37. The van der Waals surface area contributed by atoms with Crippen molar-refractivity contribution in [1.29, 1.82) is 0 Å². The van der Waals surface area contributed by atoms with Crippen LogP contribution in [0.1, 0.15) is 23.1 Å². The molecule has 0 spiro atoms. The minimum atomic E-state index is -2.82. The first-order chi connectivity index (χ1) is 16.4. The maximum Gasteiger partial charge on any atom is 0.387 e. The topological polar surface area (TPSA) is 37.5 Å². The minimum Gasteiger partial charge on any atom is -0.435 e. The van der Waals surface area contributed by atoms with Gasteiger partial charge < -0.3 is 19.4 Å². The molecule has 3 aromatic rings. The summed E-state index contributed by atoms with van der Waals surface area (Å²) in [6, 6.07) is 11.4. The molecule has 5 rings (SSSR count). The maximum atomic E-state index is 12.6. The number of aromatic amines is 1. The molecule has 1 aliphatic carbocycles. The number of alkyl halides is 4. The molecular formula is C25H26F4N2O2S. The van der Waals surface area contributed by atoms with Crippen LogP contribution in [0, 0.1) is 0 Å². The Morgan fingerprint density at radius 3 is 2.74 bits per heavy atom. The van der Waals surface area contributed by atoms with Crippen LogP contribution in [-0.4, -0.2) is 54.1 Å². The molecular weight excluding hydrogens is 468 g/mol. The van der Waals surface area contributed by atoms with Gasteiger partial charge in [0.05, 0.1) is 6.10 Å². The summed E-state index contributed by atoms with van der Waals surface area (Å²) in [5, 5.41) is 1.51. The van der Waals surface area contributed by atoms with Gasteiger partial charge in [0.1, 0.15) is 5.75 Å². The van der Waals surface area contributed by atoms with Gasteiger partial charge in [0, 0.05) is 46.9 Å². The molecule has 0 amide bonds. The number of aromatic nitrogens is 1. The van der Waals surface area contributed by atoms with Crippen molar-refractivity contribution in [2.24, 2.45) is 0 Å². The normalized spacial score (nSPS) is 20.6. The first-order valence-electron chi connectivity index (χ1n) is 11.4. The molecule has 34 heavy (non-hydrogen) atoms. The van der Waals surface area contributed by atoms with Gasteiger partial charge in [0.15, 0.2) is 0 Å². The van der Waals surface area contributed by atoms with Crippen LogP contribution >= 0.6 is 11.8 Å². The van der Waals surface area contributed by atoms with Crippen molar-refractivity contribution >= 4 is 22.7 Å². The largest absolute Gasteiger partial charge is 0.435 e. The van der Waals surface area contributed by atoms with E-state index in [1.807, 2.05) is 30.1 Å². The van der Waals surface area contributed by atoms with E-state index in [1.165, 1.54) is 21.4 Å². The van der Waals surface area contributed by atoms with Crippen LogP contribution in [0.5, 0.6) is 5.75 Å². The van der Waals surface area contributed by atoms with E-state index in [-0.39, 0.29) is 5.75 Å². The Balaban J connectivity index is 1.25. The van der Waals surface area contributed by atoms with Crippen LogP contribution in [0.2, 0.25) is 0 Å². The van der Waals surface area contributed by atoms with E-state index in [4.69, 9.17) is 0 Å². The van der Waals surface area contributed by atoms with Gasteiger partial charge >= 0.3 is 13.2 Å². The van der Waals surface area contributed by atoms with Crippen molar-refractivity contribution in [3.8, 4) is 5.75 Å². The molecule has 4 nitrogen and oxygen atoms in total. The number of rotatable bonds is 9. The number of fused-ring (bicyclic) bond motifs is 2. The summed E-state index contributed by atoms with van der Waals surface area (Å²) in [5.41, 5.74) is 4.52. The highest BCUT2D eigenvalue weighted by molar-refractivity contribution is 8.00. The van der Waals surface area contributed by atoms with E-state index in [0.717, 1.165) is 43.4 Å². The predicted molar refractivity (Wildman–Crippen MR) is 124 cm³/mol. The van der Waals surface area contributed by atoms with Gasteiger partial charge in [-0.15, -0.1) is 11.8 Å². The molecule has 1 aromatic heterocycles. The Hall–Kier alpha value is -2.23. The fraction of sp³-hybridized carbons (Fsp3) is 0.440. The Kier molecular flexibility index (Phi) is 7.04. The zero-order chi connectivity index (χ0) is 23.7. The lowest BCUT2D eigenvalue weighted by molar-refractivity contribution is -0.158. The second kappa shape index (κ2) is 10.2. The zero-order valence-corrected chi connectivity index (χ0v) is 19.3. The number of ether oxygens (including phenoxy) is 2. The van der Waals surface area contributed by atoms with E-state index in [9.17, 15) is 17.6 Å². The van der Waals surface area contributed by atoms with Gasteiger partial charge in [-0.2, -0.15) is 17.6 Å². The van der Waals surface area contributed by atoms with E-state index in [2.05, 4.69) is 31.5 Å². The Morgan fingerprint density at radius 2 is 1.91 bits per heavy atom. The third-order valence-corrected chi connectivity index (χ3v) is 7.82. The Bertz CT molecular complexity index is 1140. The number of thioether (sulfide) groups is 1. The minimum absolute atomic E-state index is 0.206. The number of nitrogens with zero attached hydrogens (tertiary/aromatic N) is 1. The van der Waals surface area contributed by atoms with Gasteiger partial charge in [-0.3, -0.25) is 0 Å². The van der Waals surface area contributed by atoms with Crippen molar-refractivity contribution in [3.63, 3.8) is 0 Å². The molecule has 1 unspecified atom stereocenters. The van der Waals surface area contributed by atoms with Gasteiger partial charge in [0.25, 0.3) is 0 Å². The lowest BCUT2D eigenvalue weighted by atomic mass is 10.1. The average molecular weight is 495 g/mol. The van der Waals surface area contributed by atoms with Crippen LogP contribution < -0.4 is 4.74 Å². The van der Waals surface area contributed by atoms with Crippen molar-refractivity contribution in [3.05, 3.63) is 59.3 Å². The summed E-state index contributed by atoms with van der Waals surface area (Å²) >= 11 is 1.82. The zero-order valence-electron chi connectivity index (χ0n) is 18.5. The van der Waals surface area contributed by atoms with Crippen molar-refractivity contribution in [2.75, 3.05) is 19.6 Å². The number of hydrogen-bond donors (Lipinski definition) is 1. The van der Waals surface area contributed by atoms with Gasteiger partial charge in [0.2, 0.25) is 0 Å². The van der Waals surface area contributed by atoms with Crippen molar-refractivity contribution in [1.82, 2.24) is 9.88 Å². The SMILES string of the molecule is FC(F)Oc1ccc2c(c1)CC(Sc1cccc3[nH]cc(CCN4CC[C@H](OC(F)F)C4)c13)C2. The summed E-state index contributed by atoms with van der Waals surface area (Å²) in [4.78, 5) is 6.73. The van der Waals surface area contributed by atoms with E-state index < -0.39 is 19.3 Å². The van der Waals surface area contributed by atoms with Crippen LogP contribution in [0.25, 0.3) is 10.9 Å². The highest BCUT2D eigenvalue weighted by Crippen LogP contribution is 2.39. The molecule has 1 saturated heterocycles. The number of hydrogen-bond acceptors (Lipinski definition) is 4. The fourth-order valence-electron chi connectivity index (χ4n) is 5.04. The molecule has 2 atom stereocenters. The van der Waals surface area contributed by atoms with Gasteiger partial charge in [-0.05, 0) is 66.6 Å². The predicted octanol–water partition coefficient (Wildman–Crippen LogP) is 5.88. The molecule has 1 fully saturated rings. The standard InChI is InChI=1S/C25H26F4N2O2S/c26-24(27)32-18-5-4-15-11-20(12-17(15)10-18)34-22-3-1-2-21-23(22)16(13-30-21)6-8-31-9-7-19(14-31)33-25(28)29/h1-5,10,13,19-20,24-25,30H,6-9,11-12,14H2/t19-,20?/m0/s1. The van der Waals surface area contributed by atoms with Crippen LogP contribution in [0.15, 0.2) is 47.5 Å². The van der Waals surface area contributed by atoms with Gasteiger partial charge in [-0.25, -0.2) is 0 Å². The third-order valence-electron chi connectivity index (χ3n) is 6.56. The van der Waals surface area contributed by atoms with Crippen molar-refractivity contribution < 1.29 is 27.0 Å². The smallest absolute Gasteiger partial charge is 0.387 e. The quantitative estimate of drug-likeness (QED) is 0.377. The van der Waals surface area contributed by atoms with Crippen molar-refractivity contribution in [2.45, 2.75) is 55.2 Å². The van der Waals surface area contributed by atoms with E-state index in [0.29, 0.717) is 18.2 Å². The second-order valence-electron chi connectivity index (χ2n) is 8.81. The number of halogens is 4. The Labute approximate surface area is 199 Å². The van der Waals surface area contributed by atoms with Gasteiger partial charge in [-0.1, -0.05) is 12.1 Å². The molecule has 9 heteroatoms. The lowest BCUT2D eigenvalue weighted by Gasteiger charge is -2.16. The second-order valence-corrected chi connectivity index (χ2v) is 10.1. The van der Waals surface area contributed by atoms with Crippen LogP contribution in [0.3, 0.4) is 0 Å². The number of nitrogens with one attached hydrogen (secondary N) is 1. The van der Waals surface area contributed by atoms with E-state index in [1.54, 1.807) is 12.1 Å². The maximum absolute atomic E-state index is 12.6. The van der Waals surface area contributed by atoms with Crippen LogP contribution in [0.4, 0.5) is 17.6 Å². The fourth-order valence-corrected chi connectivity index (χ4v) is 6.44. The first-order valence-corrected chi connectivity index (χ1v) is 12.3. The summed E-state index contributed by atoms with van der Waals surface area (Å²) < 4.78 is 59.3. The molecule has 1 aliphatic heterocycles. The number of benzene rings is 2. The molecule has 182 valence electrons. The summed E-state index contributed by atoms with van der Waals surface area (Å²) in [7, 11) is 0. The molecule has 1 N–H and O–H groups in total. The monoisotopic (exact) mass is 494 g/mol. The lowest BCUT2D eigenvalue weighted by Crippen LogP contribution is -2.26. The number of H-pyrrole nitrogens is 1. The molecule has 2 heterocycles. The average Bonchev–Trinajstić information content (AvgIpc) is 3.49. The Morgan fingerprint density at radius 1 is 1.06 bits per heavy atom. The highest BCUT2D eigenvalue weighted by atomic mass is 32.2. The van der Waals surface area contributed by atoms with Crippen LogP contribution in [-0.2, 0) is 24.0 Å². The summed E-state index contributed by atoms with van der Waals surface area (Å²) in [5.74, 6) is 0.206. The first kappa shape index (κ1) is 23.5. The molecule has 0 bridgehead atoms. The molecule has 0 radical (unpaired) electrons. The summed E-state index contributed by atoms with van der Waals surface area (Å²) in [6.45, 7) is -3.46. The molecule has 2 aliphatic rings.